The van der Waals surface area contributed by atoms with Gasteiger partial charge in [-0.2, -0.15) is 0 Å². The number of rotatable bonds is 8. The molecule has 2 aromatic rings. The van der Waals surface area contributed by atoms with Crippen molar-refractivity contribution in [2.24, 2.45) is 5.73 Å². The van der Waals surface area contributed by atoms with Crippen LogP contribution in [0.5, 0.6) is 5.75 Å². The second-order valence-electron chi connectivity index (χ2n) is 5.28. The molecule has 0 aromatic heterocycles. The van der Waals surface area contributed by atoms with Gasteiger partial charge in [0, 0.05) is 20.4 Å². The van der Waals surface area contributed by atoms with Crippen molar-refractivity contribution < 1.29 is 19.7 Å². The fourth-order valence-corrected chi connectivity index (χ4v) is 4.33. The number of ether oxygens (including phenoxy) is 1. The molecular formula is C17H18ClI2N3O4. The molecule has 2 aromatic carbocycles. The Kier molecular flexibility index (Phi) is 9.56. The lowest BCUT2D eigenvalue weighted by molar-refractivity contribution is -0.138. The number of benzene rings is 2. The molecule has 146 valence electrons. The quantitative estimate of drug-likeness (QED) is 0.176. The Hall–Kier alpha value is -1.31. The molecule has 0 spiro atoms. The third-order valence-corrected chi connectivity index (χ3v) is 4.86. The molecule has 0 radical (unpaired) electrons. The Morgan fingerprint density at radius 2 is 1.89 bits per heavy atom. The average molecular weight is 618 g/mol. The van der Waals surface area contributed by atoms with Gasteiger partial charge in [-0.05, 0) is 81.6 Å². The van der Waals surface area contributed by atoms with E-state index in [0.717, 1.165) is 7.14 Å². The van der Waals surface area contributed by atoms with E-state index in [0.29, 0.717) is 22.6 Å². The number of halogens is 3. The lowest BCUT2D eigenvalue weighted by Crippen LogP contribution is -2.22. The van der Waals surface area contributed by atoms with Gasteiger partial charge in [-0.25, -0.2) is 4.79 Å². The van der Waals surface area contributed by atoms with Crippen molar-refractivity contribution >= 4 is 75.1 Å². The van der Waals surface area contributed by atoms with Gasteiger partial charge in [-0.15, -0.1) is 12.4 Å². The number of aliphatic hydroxyl groups is 1. The molecule has 27 heavy (non-hydrogen) atoms. The Labute approximate surface area is 189 Å². The Balaban J connectivity index is 0.00000364. The number of hydrogen-bond donors (Lipinski definition) is 5. The predicted molar refractivity (Wildman–Crippen MR) is 123 cm³/mol. The molecule has 1 atom stereocenters. The highest BCUT2D eigenvalue weighted by Crippen LogP contribution is 2.34. The summed E-state index contributed by atoms with van der Waals surface area (Å²) in [4.78, 5) is 11.9. The van der Waals surface area contributed by atoms with Crippen LogP contribution < -0.4 is 15.8 Å². The normalized spacial score (nSPS) is 11.2. The molecule has 0 aliphatic heterocycles. The summed E-state index contributed by atoms with van der Waals surface area (Å²) in [5.41, 5.74) is 7.03. The van der Waals surface area contributed by atoms with Crippen molar-refractivity contribution in [1.29, 1.82) is 5.41 Å². The third-order valence-electron chi connectivity index (χ3n) is 3.44. The summed E-state index contributed by atoms with van der Waals surface area (Å²) in [6.45, 7) is -0.0948. The molecule has 0 heterocycles. The highest BCUT2D eigenvalue weighted by atomic mass is 127. The summed E-state index contributed by atoms with van der Waals surface area (Å²) in [6.07, 6.45) is 0. The maximum absolute atomic E-state index is 11.9. The molecule has 7 nitrogen and oxygen atoms in total. The SMILES string of the molecule is Cl.N=C(N)c1ccc(NC(C(=O)O)c2cc(I)cc(I)c2OCCO)cc1. The van der Waals surface area contributed by atoms with E-state index in [2.05, 4.69) is 50.5 Å². The smallest absolute Gasteiger partial charge is 0.330 e. The van der Waals surface area contributed by atoms with E-state index in [-0.39, 0.29) is 31.5 Å². The van der Waals surface area contributed by atoms with Crippen LogP contribution in [0.3, 0.4) is 0 Å². The van der Waals surface area contributed by atoms with Gasteiger partial charge in [0.15, 0.2) is 6.04 Å². The number of amidine groups is 1. The number of carbonyl (C=O) groups is 1. The van der Waals surface area contributed by atoms with E-state index in [1.54, 1.807) is 30.3 Å². The van der Waals surface area contributed by atoms with Crippen molar-refractivity contribution in [3.05, 3.63) is 54.7 Å². The van der Waals surface area contributed by atoms with E-state index >= 15 is 0 Å². The zero-order valence-electron chi connectivity index (χ0n) is 13.9. The fraction of sp³-hybridized carbons (Fsp3) is 0.176. The fourth-order valence-electron chi connectivity index (χ4n) is 2.28. The molecule has 0 saturated carbocycles. The molecule has 6 N–H and O–H groups in total. The lowest BCUT2D eigenvalue weighted by atomic mass is 10.0. The molecule has 0 aliphatic carbocycles. The van der Waals surface area contributed by atoms with Crippen molar-refractivity contribution in [2.75, 3.05) is 18.5 Å². The standard InChI is InChI=1S/C17H17I2N3O4.ClH/c18-10-7-12(15(13(19)8-10)26-6-5-23)14(17(24)25)22-11-3-1-9(2-4-11)16(20)21;/h1-4,7-8,14,22-23H,5-6H2,(H3,20,21)(H,24,25);1H. The summed E-state index contributed by atoms with van der Waals surface area (Å²) in [6, 6.07) is 9.19. The zero-order chi connectivity index (χ0) is 19.3. The van der Waals surface area contributed by atoms with Crippen LogP contribution in [0.25, 0.3) is 0 Å². The van der Waals surface area contributed by atoms with Gasteiger partial charge in [0.2, 0.25) is 0 Å². The first-order valence-corrected chi connectivity index (χ1v) is 9.65. The van der Waals surface area contributed by atoms with Crippen molar-refractivity contribution in [1.82, 2.24) is 0 Å². The van der Waals surface area contributed by atoms with Crippen LogP contribution in [0.1, 0.15) is 17.2 Å². The third kappa shape index (κ3) is 6.36. The van der Waals surface area contributed by atoms with Crippen molar-refractivity contribution in [3.8, 4) is 5.75 Å². The summed E-state index contributed by atoms with van der Waals surface area (Å²) in [5, 5.41) is 29.2. The van der Waals surface area contributed by atoms with Gasteiger partial charge < -0.3 is 26.0 Å². The molecule has 1 unspecified atom stereocenters. The van der Waals surface area contributed by atoms with Crippen LogP contribution in [0.4, 0.5) is 5.69 Å². The number of carboxylic acids is 1. The second-order valence-corrected chi connectivity index (χ2v) is 7.69. The van der Waals surface area contributed by atoms with E-state index in [1.165, 1.54) is 0 Å². The van der Waals surface area contributed by atoms with E-state index < -0.39 is 12.0 Å². The number of nitrogens with two attached hydrogens (primary N) is 1. The maximum atomic E-state index is 11.9. The summed E-state index contributed by atoms with van der Waals surface area (Å²) in [5.74, 6) is -0.689. The largest absolute Gasteiger partial charge is 0.490 e. The minimum Gasteiger partial charge on any atom is -0.490 e. The van der Waals surface area contributed by atoms with Crippen molar-refractivity contribution in [3.63, 3.8) is 0 Å². The molecule has 2 rings (SSSR count). The monoisotopic (exact) mass is 617 g/mol. The number of nitrogens with one attached hydrogen (secondary N) is 2. The molecule has 0 aliphatic rings. The predicted octanol–water partition coefficient (Wildman–Crippen LogP) is 3.21. The Morgan fingerprint density at radius 3 is 2.41 bits per heavy atom. The van der Waals surface area contributed by atoms with Crippen LogP contribution in [-0.2, 0) is 4.79 Å². The molecule has 0 saturated heterocycles. The summed E-state index contributed by atoms with van der Waals surface area (Å²) >= 11 is 4.20. The molecule has 0 amide bonds. The zero-order valence-corrected chi connectivity index (χ0v) is 19.0. The van der Waals surface area contributed by atoms with Crippen molar-refractivity contribution in [2.45, 2.75) is 6.04 Å². The Bertz CT molecular complexity index is 819. The lowest BCUT2D eigenvalue weighted by Gasteiger charge is -2.21. The molecular weight excluding hydrogens is 599 g/mol. The van der Waals surface area contributed by atoms with Crippen LogP contribution in [0.15, 0.2) is 36.4 Å². The first kappa shape index (κ1) is 23.7. The van der Waals surface area contributed by atoms with E-state index in [1.807, 2.05) is 6.07 Å². The number of aliphatic hydroxyl groups excluding tert-OH is 1. The van der Waals surface area contributed by atoms with Crippen LogP contribution in [0.2, 0.25) is 0 Å². The molecule has 0 fully saturated rings. The van der Waals surface area contributed by atoms with Gasteiger partial charge in [0.25, 0.3) is 0 Å². The minimum absolute atomic E-state index is 0. The van der Waals surface area contributed by atoms with Gasteiger partial charge in [0.1, 0.15) is 18.2 Å². The number of hydrogen-bond acceptors (Lipinski definition) is 5. The van der Waals surface area contributed by atoms with Gasteiger partial charge in [0.05, 0.1) is 10.2 Å². The van der Waals surface area contributed by atoms with Gasteiger partial charge in [-0.1, -0.05) is 0 Å². The highest BCUT2D eigenvalue weighted by Gasteiger charge is 2.26. The molecule has 0 bridgehead atoms. The van der Waals surface area contributed by atoms with Gasteiger partial charge >= 0.3 is 5.97 Å². The van der Waals surface area contributed by atoms with Gasteiger partial charge in [-0.3, -0.25) is 5.41 Å². The number of aliphatic carboxylic acids is 1. The van der Waals surface area contributed by atoms with E-state index in [9.17, 15) is 9.90 Å². The van der Waals surface area contributed by atoms with Crippen LogP contribution in [0, 0.1) is 12.5 Å². The molecule has 10 heteroatoms. The van der Waals surface area contributed by atoms with E-state index in [4.69, 9.17) is 21.0 Å². The second kappa shape index (κ2) is 10.9. The highest BCUT2D eigenvalue weighted by molar-refractivity contribution is 14.1. The number of nitrogen functional groups attached to an aromatic ring is 1. The van der Waals surface area contributed by atoms with Crippen LogP contribution >= 0.6 is 57.6 Å². The number of anilines is 1. The minimum atomic E-state index is -1.06. The summed E-state index contributed by atoms with van der Waals surface area (Å²) < 4.78 is 7.22. The first-order valence-electron chi connectivity index (χ1n) is 7.50. The maximum Gasteiger partial charge on any atom is 0.330 e. The Morgan fingerprint density at radius 1 is 1.26 bits per heavy atom. The summed E-state index contributed by atoms with van der Waals surface area (Å²) in [7, 11) is 0. The topological polar surface area (TPSA) is 129 Å². The number of carboxylic acid groups (broad SMARTS) is 1. The van der Waals surface area contributed by atoms with Crippen LogP contribution in [-0.4, -0.2) is 35.2 Å². The first-order chi connectivity index (χ1) is 12.3. The average Bonchev–Trinajstić information content (AvgIpc) is 2.58.